The standard InChI is InChI=1S/C9H17NO.CH4/c1-8(2)9(11)6-5-7-10(3)4;/h5-6,8H,7H2,1-4H3;1H4/b6-5+;. The van der Waals surface area contributed by atoms with Crippen LogP contribution in [0.15, 0.2) is 12.2 Å². The van der Waals surface area contributed by atoms with E-state index in [0.29, 0.717) is 0 Å². The molecule has 0 aliphatic carbocycles. The van der Waals surface area contributed by atoms with Gasteiger partial charge >= 0.3 is 0 Å². The van der Waals surface area contributed by atoms with Crippen LogP contribution in [0, 0.1) is 5.92 Å². The van der Waals surface area contributed by atoms with E-state index in [-0.39, 0.29) is 19.1 Å². The Morgan fingerprint density at radius 1 is 1.42 bits per heavy atom. The largest absolute Gasteiger partial charge is 0.306 e. The quantitative estimate of drug-likeness (QED) is 0.603. The van der Waals surface area contributed by atoms with Crippen LogP contribution in [0.5, 0.6) is 0 Å². The first-order chi connectivity index (χ1) is 5.04. The molecular weight excluding hydrogens is 150 g/mol. The van der Waals surface area contributed by atoms with Crippen molar-refractivity contribution in [3.05, 3.63) is 12.2 Å². The molecule has 0 aromatic rings. The zero-order valence-corrected chi connectivity index (χ0v) is 7.79. The summed E-state index contributed by atoms with van der Waals surface area (Å²) in [6.07, 6.45) is 3.55. The van der Waals surface area contributed by atoms with E-state index in [4.69, 9.17) is 0 Å². The fourth-order valence-electron chi connectivity index (χ4n) is 0.572. The molecule has 0 radical (unpaired) electrons. The molecule has 2 heteroatoms. The Hall–Kier alpha value is -0.630. The monoisotopic (exact) mass is 171 g/mol. The van der Waals surface area contributed by atoms with Gasteiger partial charge in [0.2, 0.25) is 0 Å². The van der Waals surface area contributed by atoms with E-state index in [1.165, 1.54) is 0 Å². The summed E-state index contributed by atoms with van der Waals surface area (Å²) in [7, 11) is 3.95. The Balaban J connectivity index is 0. The molecule has 0 rings (SSSR count). The summed E-state index contributed by atoms with van der Waals surface area (Å²) in [5.74, 6) is 0.320. The first kappa shape index (κ1) is 13.9. The molecule has 0 unspecified atom stereocenters. The van der Waals surface area contributed by atoms with Crippen LogP contribution in [-0.2, 0) is 4.79 Å². The molecule has 0 saturated heterocycles. The Labute approximate surface area is 76.3 Å². The smallest absolute Gasteiger partial charge is 0.157 e. The number of ketones is 1. The molecule has 0 aliphatic heterocycles. The van der Waals surface area contributed by atoms with E-state index in [9.17, 15) is 4.79 Å². The van der Waals surface area contributed by atoms with E-state index in [1.54, 1.807) is 6.08 Å². The number of likely N-dealkylation sites (N-methyl/N-ethyl adjacent to an activating group) is 1. The van der Waals surface area contributed by atoms with Crippen LogP contribution in [0.1, 0.15) is 21.3 Å². The fraction of sp³-hybridized carbons (Fsp3) is 0.700. The topological polar surface area (TPSA) is 20.3 Å². The van der Waals surface area contributed by atoms with Gasteiger partial charge in [-0.3, -0.25) is 4.79 Å². The van der Waals surface area contributed by atoms with Crippen molar-refractivity contribution in [1.82, 2.24) is 4.90 Å². The normalized spacial score (nSPS) is 10.8. The summed E-state index contributed by atoms with van der Waals surface area (Å²) in [5.41, 5.74) is 0. The molecule has 0 aromatic heterocycles. The van der Waals surface area contributed by atoms with Crippen molar-refractivity contribution in [2.24, 2.45) is 5.92 Å². The lowest BCUT2D eigenvalue weighted by atomic mass is 10.1. The van der Waals surface area contributed by atoms with Gasteiger partial charge in [-0.15, -0.1) is 0 Å². The van der Waals surface area contributed by atoms with Gasteiger partial charge in [-0.25, -0.2) is 0 Å². The maximum absolute atomic E-state index is 11.0. The summed E-state index contributed by atoms with van der Waals surface area (Å²) >= 11 is 0. The molecule has 12 heavy (non-hydrogen) atoms. The van der Waals surface area contributed by atoms with Gasteiger partial charge in [0.15, 0.2) is 5.78 Å². The molecule has 0 spiro atoms. The molecule has 0 amide bonds. The van der Waals surface area contributed by atoms with E-state index in [2.05, 4.69) is 0 Å². The molecule has 0 aliphatic rings. The number of allylic oxidation sites excluding steroid dienone is 1. The molecule has 0 atom stereocenters. The highest BCUT2D eigenvalue weighted by atomic mass is 16.1. The third-order valence-electron chi connectivity index (χ3n) is 1.32. The molecule has 2 nitrogen and oxygen atoms in total. The minimum atomic E-state index is 0. The zero-order valence-electron chi connectivity index (χ0n) is 7.79. The molecule has 0 saturated carbocycles. The minimum Gasteiger partial charge on any atom is -0.306 e. The van der Waals surface area contributed by atoms with Gasteiger partial charge in [0.1, 0.15) is 0 Å². The first-order valence-corrected chi connectivity index (χ1v) is 3.89. The fourth-order valence-corrected chi connectivity index (χ4v) is 0.572. The molecule has 0 aromatic carbocycles. The van der Waals surface area contributed by atoms with Crippen LogP contribution in [0.4, 0.5) is 0 Å². The van der Waals surface area contributed by atoms with Crippen molar-refractivity contribution in [3.63, 3.8) is 0 Å². The second-order valence-electron chi connectivity index (χ2n) is 3.22. The lowest BCUT2D eigenvalue weighted by molar-refractivity contribution is -0.117. The van der Waals surface area contributed by atoms with Gasteiger partial charge < -0.3 is 4.90 Å². The molecule has 0 bridgehead atoms. The van der Waals surface area contributed by atoms with Crippen molar-refractivity contribution in [2.45, 2.75) is 21.3 Å². The molecular formula is C10H21NO. The maximum atomic E-state index is 11.0. The van der Waals surface area contributed by atoms with Crippen LogP contribution in [0.3, 0.4) is 0 Å². The highest BCUT2D eigenvalue weighted by Gasteiger charge is 2.00. The third-order valence-corrected chi connectivity index (χ3v) is 1.32. The average Bonchev–Trinajstić information content (AvgIpc) is 1.86. The first-order valence-electron chi connectivity index (χ1n) is 3.89. The van der Waals surface area contributed by atoms with Crippen LogP contribution < -0.4 is 0 Å². The SMILES string of the molecule is C.CC(C)C(=O)/C=C/CN(C)C. The number of carbonyl (C=O) groups is 1. The average molecular weight is 171 g/mol. The molecule has 0 heterocycles. The molecule has 0 N–H and O–H groups in total. The predicted octanol–water partition coefficient (Wildman–Crippen LogP) is 1.97. The van der Waals surface area contributed by atoms with Gasteiger partial charge in [-0.05, 0) is 20.2 Å². The van der Waals surface area contributed by atoms with Crippen LogP contribution in [0.2, 0.25) is 0 Å². The Bertz CT molecular complexity index is 148. The van der Waals surface area contributed by atoms with E-state index in [1.807, 2.05) is 38.9 Å². The number of nitrogens with zero attached hydrogens (tertiary/aromatic N) is 1. The second-order valence-corrected chi connectivity index (χ2v) is 3.22. The van der Waals surface area contributed by atoms with Crippen molar-refractivity contribution in [1.29, 1.82) is 0 Å². The lowest BCUT2D eigenvalue weighted by Gasteiger charge is -2.03. The van der Waals surface area contributed by atoms with E-state index < -0.39 is 0 Å². The maximum Gasteiger partial charge on any atom is 0.157 e. The lowest BCUT2D eigenvalue weighted by Crippen LogP contribution is -2.11. The zero-order chi connectivity index (χ0) is 8.85. The van der Waals surface area contributed by atoms with E-state index in [0.717, 1.165) is 6.54 Å². The summed E-state index contributed by atoms with van der Waals surface area (Å²) in [5, 5.41) is 0. The summed E-state index contributed by atoms with van der Waals surface area (Å²) in [6.45, 7) is 4.64. The Morgan fingerprint density at radius 2 is 1.92 bits per heavy atom. The highest BCUT2D eigenvalue weighted by molar-refractivity contribution is 5.91. The van der Waals surface area contributed by atoms with Gasteiger partial charge in [0.05, 0.1) is 0 Å². The Kier molecular flexibility index (Phi) is 8.17. The van der Waals surface area contributed by atoms with Crippen LogP contribution in [-0.4, -0.2) is 31.3 Å². The van der Waals surface area contributed by atoms with Crippen molar-refractivity contribution in [2.75, 3.05) is 20.6 Å². The van der Waals surface area contributed by atoms with Crippen LogP contribution in [0.25, 0.3) is 0 Å². The number of hydrogen-bond acceptors (Lipinski definition) is 2. The minimum absolute atomic E-state index is 0. The van der Waals surface area contributed by atoms with Crippen LogP contribution >= 0.6 is 0 Å². The van der Waals surface area contributed by atoms with Gasteiger partial charge in [-0.1, -0.05) is 27.4 Å². The van der Waals surface area contributed by atoms with Crippen molar-refractivity contribution >= 4 is 5.78 Å². The predicted molar refractivity (Wildman–Crippen MR) is 54.3 cm³/mol. The Morgan fingerprint density at radius 3 is 2.25 bits per heavy atom. The number of rotatable bonds is 4. The van der Waals surface area contributed by atoms with Crippen molar-refractivity contribution in [3.8, 4) is 0 Å². The summed E-state index contributed by atoms with van der Waals surface area (Å²) < 4.78 is 0. The summed E-state index contributed by atoms with van der Waals surface area (Å²) in [4.78, 5) is 13.0. The molecule has 72 valence electrons. The second kappa shape index (κ2) is 7.04. The van der Waals surface area contributed by atoms with Gasteiger partial charge in [-0.2, -0.15) is 0 Å². The third kappa shape index (κ3) is 7.48. The number of carbonyl (C=O) groups excluding carboxylic acids is 1. The molecule has 0 fully saturated rings. The number of hydrogen-bond donors (Lipinski definition) is 0. The van der Waals surface area contributed by atoms with Gasteiger partial charge in [0.25, 0.3) is 0 Å². The summed E-state index contributed by atoms with van der Waals surface area (Å²) in [6, 6.07) is 0. The van der Waals surface area contributed by atoms with Gasteiger partial charge in [0, 0.05) is 12.5 Å². The van der Waals surface area contributed by atoms with E-state index >= 15 is 0 Å². The highest BCUT2D eigenvalue weighted by Crippen LogP contribution is 1.94. The van der Waals surface area contributed by atoms with Crippen molar-refractivity contribution < 1.29 is 4.79 Å².